The van der Waals surface area contributed by atoms with Gasteiger partial charge in [0.25, 0.3) is 8.32 Å². The monoisotopic (exact) mass is 366 g/mol. The van der Waals surface area contributed by atoms with Crippen molar-refractivity contribution in [2.75, 3.05) is 6.61 Å². The van der Waals surface area contributed by atoms with Gasteiger partial charge in [-0.3, -0.25) is 0 Å². The molecular weight excluding hydrogens is 341 g/mol. The van der Waals surface area contributed by atoms with Gasteiger partial charge in [0.2, 0.25) is 0 Å². The first-order chi connectivity index (χ1) is 11.6. The standard InChI is InChI=1S/C20H25F3OSi/c1-19(2,14-15-20(21,22)23)16-24-25(3,17-10-6-4-7-11-17)18-12-8-5-9-13-18/h4-13H,14-16H2,1-3H3. The Balaban J connectivity index is 2.21. The summed E-state index contributed by atoms with van der Waals surface area (Å²) in [6.45, 7) is 6.08. The summed E-state index contributed by atoms with van der Waals surface area (Å²) < 4.78 is 44.1. The molecule has 0 bridgehead atoms. The Morgan fingerprint density at radius 3 is 1.64 bits per heavy atom. The molecule has 0 saturated heterocycles. The van der Waals surface area contributed by atoms with Crippen LogP contribution in [-0.2, 0) is 4.43 Å². The summed E-state index contributed by atoms with van der Waals surface area (Å²) in [6, 6.07) is 20.0. The van der Waals surface area contributed by atoms with E-state index in [4.69, 9.17) is 4.43 Å². The molecule has 0 unspecified atom stereocenters. The highest BCUT2D eigenvalue weighted by Gasteiger charge is 2.37. The normalized spacial score (nSPS) is 13.0. The third-order valence-electron chi connectivity index (χ3n) is 4.49. The summed E-state index contributed by atoms with van der Waals surface area (Å²) in [4.78, 5) is 0. The summed E-state index contributed by atoms with van der Waals surface area (Å²) in [7, 11) is -2.47. The van der Waals surface area contributed by atoms with Crippen molar-refractivity contribution in [1.29, 1.82) is 0 Å². The molecule has 0 spiro atoms. The second-order valence-electron chi connectivity index (χ2n) is 7.33. The molecule has 0 amide bonds. The summed E-state index contributed by atoms with van der Waals surface area (Å²) in [5, 5.41) is 2.24. The quantitative estimate of drug-likeness (QED) is 0.642. The molecule has 0 aliphatic heterocycles. The maximum atomic E-state index is 12.6. The number of hydrogen-bond donors (Lipinski definition) is 0. The molecule has 0 aliphatic rings. The maximum absolute atomic E-state index is 12.6. The van der Waals surface area contributed by atoms with Gasteiger partial charge >= 0.3 is 6.18 Å². The zero-order valence-electron chi connectivity index (χ0n) is 14.9. The zero-order chi connectivity index (χ0) is 18.6. The smallest absolute Gasteiger partial charge is 0.389 e. The molecular formula is C20H25F3OSi. The minimum Gasteiger partial charge on any atom is -0.408 e. The van der Waals surface area contributed by atoms with Gasteiger partial charge in [-0.25, -0.2) is 0 Å². The minimum absolute atomic E-state index is 0.0601. The van der Waals surface area contributed by atoms with E-state index in [9.17, 15) is 13.2 Å². The molecule has 2 aromatic rings. The molecule has 2 aromatic carbocycles. The average molecular weight is 366 g/mol. The third-order valence-corrected chi connectivity index (χ3v) is 8.08. The fraction of sp³-hybridized carbons (Fsp3) is 0.400. The van der Waals surface area contributed by atoms with Crippen molar-refractivity contribution < 1.29 is 17.6 Å². The second-order valence-corrected chi connectivity index (χ2v) is 10.8. The van der Waals surface area contributed by atoms with Gasteiger partial charge in [0.15, 0.2) is 0 Å². The molecule has 0 atom stereocenters. The molecule has 0 aliphatic carbocycles. The predicted octanol–water partition coefficient (Wildman–Crippen LogP) is 4.76. The van der Waals surface area contributed by atoms with E-state index in [0.717, 1.165) is 10.4 Å². The number of halogens is 3. The van der Waals surface area contributed by atoms with Gasteiger partial charge in [-0.05, 0) is 28.8 Å². The van der Waals surface area contributed by atoms with Gasteiger partial charge in [0.1, 0.15) is 0 Å². The van der Waals surface area contributed by atoms with E-state index in [1.165, 1.54) is 0 Å². The minimum atomic E-state index is -4.13. The SMILES string of the molecule is CC(C)(CCC(F)(F)F)CO[Si](C)(c1ccccc1)c1ccccc1. The van der Waals surface area contributed by atoms with E-state index in [-0.39, 0.29) is 6.42 Å². The van der Waals surface area contributed by atoms with Crippen LogP contribution in [-0.4, -0.2) is 21.1 Å². The van der Waals surface area contributed by atoms with E-state index in [1.807, 2.05) is 74.5 Å². The van der Waals surface area contributed by atoms with Crippen LogP contribution >= 0.6 is 0 Å². The number of benzene rings is 2. The predicted molar refractivity (Wildman–Crippen MR) is 98.8 cm³/mol. The van der Waals surface area contributed by atoms with Crippen LogP contribution in [0, 0.1) is 5.41 Å². The highest BCUT2D eigenvalue weighted by molar-refractivity contribution is 6.96. The highest BCUT2D eigenvalue weighted by atomic mass is 28.4. The van der Waals surface area contributed by atoms with Crippen LogP contribution in [0.2, 0.25) is 6.55 Å². The van der Waals surface area contributed by atoms with Crippen molar-refractivity contribution in [2.24, 2.45) is 5.41 Å². The Morgan fingerprint density at radius 1 is 0.800 bits per heavy atom. The Hall–Kier alpha value is -1.59. The maximum Gasteiger partial charge on any atom is 0.389 e. The Kier molecular flexibility index (Phi) is 6.11. The molecule has 1 nitrogen and oxygen atoms in total. The first kappa shape index (κ1) is 19.7. The van der Waals surface area contributed by atoms with Crippen molar-refractivity contribution >= 4 is 18.7 Å². The summed E-state index contributed by atoms with van der Waals surface area (Å²) in [5.74, 6) is 0. The number of rotatable bonds is 7. The second kappa shape index (κ2) is 7.75. The lowest BCUT2D eigenvalue weighted by Crippen LogP contribution is -2.59. The van der Waals surface area contributed by atoms with Gasteiger partial charge in [-0.15, -0.1) is 0 Å². The zero-order valence-corrected chi connectivity index (χ0v) is 15.9. The fourth-order valence-corrected chi connectivity index (χ4v) is 5.74. The van der Waals surface area contributed by atoms with Crippen molar-refractivity contribution in [3.8, 4) is 0 Å². The molecule has 2 rings (SSSR count). The van der Waals surface area contributed by atoms with Crippen LogP contribution in [0.15, 0.2) is 60.7 Å². The van der Waals surface area contributed by atoms with Gasteiger partial charge in [0.05, 0.1) is 0 Å². The van der Waals surface area contributed by atoms with Crippen LogP contribution in [0.3, 0.4) is 0 Å². The van der Waals surface area contributed by atoms with Crippen molar-refractivity contribution in [2.45, 2.75) is 39.4 Å². The molecule has 0 fully saturated rings. The molecule has 0 saturated carbocycles. The molecule has 0 aromatic heterocycles. The van der Waals surface area contributed by atoms with Gasteiger partial charge in [0, 0.05) is 13.0 Å². The lowest BCUT2D eigenvalue weighted by Gasteiger charge is -2.34. The van der Waals surface area contributed by atoms with E-state index in [1.54, 1.807) is 0 Å². The van der Waals surface area contributed by atoms with E-state index >= 15 is 0 Å². The summed E-state index contributed by atoms with van der Waals surface area (Å²) >= 11 is 0. The van der Waals surface area contributed by atoms with E-state index in [2.05, 4.69) is 6.55 Å². The molecule has 0 N–H and O–H groups in total. The fourth-order valence-electron chi connectivity index (χ4n) is 2.74. The van der Waals surface area contributed by atoms with Crippen LogP contribution in [0.5, 0.6) is 0 Å². The molecule has 25 heavy (non-hydrogen) atoms. The largest absolute Gasteiger partial charge is 0.408 e. The van der Waals surface area contributed by atoms with Crippen LogP contribution in [0.1, 0.15) is 26.7 Å². The summed E-state index contributed by atoms with van der Waals surface area (Å²) in [5.41, 5.74) is -0.534. The Labute approximate surface area is 149 Å². The first-order valence-electron chi connectivity index (χ1n) is 8.44. The topological polar surface area (TPSA) is 9.23 Å². The molecule has 5 heteroatoms. The van der Waals surface area contributed by atoms with E-state index < -0.39 is 26.3 Å². The first-order valence-corrected chi connectivity index (χ1v) is 10.9. The van der Waals surface area contributed by atoms with Crippen molar-refractivity contribution in [3.05, 3.63) is 60.7 Å². The lowest BCUT2D eigenvalue weighted by molar-refractivity contribution is -0.140. The van der Waals surface area contributed by atoms with Crippen LogP contribution in [0.25, 0.3) is 0 Å². The molecule has 0 heterocycles. The van der Waals surface area contributed by atoms with Crippen LogP contribution < -0.4 is 10.4 Å². The molecule has 136 valence electrons. The third kappa shape index (κ3) is 5.72. The van der Waals surface area contributed by atoms with Gasteiger partial charge < -0.3 is 4.43 Å². The van der Waals surface area contributed by atoms with Crippen molar-refractivity contribution in [1.82, 2.24) is 0 Å². The highest BCUT2D eigenvalue weighted by Crippen LogP contribution is 2.31. The number of hydrogen-bond acceptors (Lipinski definition) is 1. The lowest BCUT2D eigenvalue weighted by atomic mass is 9.89. The van der Waals surface area contributed by atoms with Crippen LogP contribution in [0.4, 0.5) is 13.2 Å². The van der Waals surface area contributed by atoms with E-state index in [0.29, 0.717) is 6.61 Å². The van der Waals surface area contributed by atoms with Gasteiger partial charge in [-0.1, -0.05) is 74.5 Å². The summed E-state index contributed by atoms with van der Waals surface area (Å²) in [6.07, 6.45) is -4.85. The average Bonchev–Trinajstić information content (AvgIpc) is 2.59. The molecule has 0 radical (unpaired) electrons. The van der Waals surface area contributed by atoms with Crippen molar-refractivity contribution in [3.63, 3.8) is 0 Å². The Bertz CT molecular complexity index is 614. The van der Waals surface area contributed by atoms with Gasteiger partial charge in [-0.2, -0.15) is 13.2 Å². The Morgan fingerprint density at radius 2 is 1.24 bits per heavy atom. The number of alkyl halides is 3.